The summed E-state index contributed by atoms with van der Waals surface area (Å²) in [5.74, 6) is 1.92. The standard InChI is InChI=1S/C14H19ClN4/c1-11-8-13-16-10-17-19(13)14(9-11)18-7-3-5-12(18)4-2-6-15/h8-10,12H,2-7H2,1H3. The van der Waals surface area contributed by atoms with E-state index >= 15 is 0 Å². The molecule has 1 fully saturated rings. The van der Waals surface area contributed by atoms with Crippen molar-refractivity contribution in [2.24, 2.45) is 0 Å². The Bertz CT molecular complexity index is 566. The number of aryl methyl sites for hydroxylation is 1. The molecule has 0 amide bonds. The van der Waals surface area contributed by atoms with E-state index in [1.165, 1.54) is 24.2 Å². The molecule has 0 spiro atoms. The van der Waals surface area contributed by atoms with E-state index in [0.717, 1.165) is 30.9 Å². The number of anilines is 1. The van der Waals surface area contributed by atoms with E-state index in [2.05, 4.69) is 34.0 Å². The van der Waals surface area contributed by atoms with Crippen molar-refractivity contribution in [3.05, 3.63) is 24.0 Å². The van der Waals surface area contributed by atoms with Gasteiger partial charge in [-0.25, -0.2) is 4.98 Å². The molecule has 0 aromatic carbocycles. The molecule has 1 saturated heterocycles. The zero-order chi connectivity index (χ0) is 13.2. The van der Waals surface area contributed by atoms with E-state index in [-0.39, 0.29) is 0 Å². The lowest BCUT2D eigenvalue weighted by Crippen LogP contribution is -2.31. The van der Waals surface area contributed by atoms with Gasteiger partial charge < -0.3 is 4.90 Å². The fraction of sp³-hybridized carbons (Fsp3) is 0.571. The second-order valence-corrected chi connectivity index (χ2v) is 5.62. The molecular formula is C14H19ClN4. The van der Waals surface area contributed by atoms with Crippen LogP contribution in [0.3, 0.4) is 0 Å². The van der Waals surface area contributed by atoms with E-state index in [0.29, 0.717) is 6.04 Å². The van der Waals surface area contributed by atoms with Gasteiger partial charge in [-0.05, 0) is 50.3 Å². The number of rotatable bonds is 4. The minimum atomic E-state index is 0.591. The molecule has 0 radical (unpaired) electrons. The molecule has 3 rings (SSSR count). The second kappa shape index (κ2) is 5.37. The Morgan fingerprint density at radius 1 is 1.42 bits per heavy atom. The van der Waals surface area contributed by atoms with Crippen LogP contribution < -0.4 is 4.90 Å². The molecule has 1 aliphatic rings. The van der Waals surface area contributed by atoms with Gasteiger partial charge in [0.25, 0.3) is 0 Å². The molecule has 2 aromatic rings. The summed E-state index contributed by atoms with van der Waals surface area (Å²) in [5, 5.41) is 4.36. The largest absolute Gasteiger partial charge is 0.354 e. The van der Waals surface area contributed by atoms with Crippen LogP contribution >= 0.6 is 11.6 Å². The van der Waals surface area contributed by atoms with Crippen molar-refractivity contribution in [2.45, 2.75) is 38.6 Å². The molecule has 0 bridgehead atoms. The number of fused-ring (bicyclic) bond motifs is 1. The highest BCUT2D eigenvalue weighted by Crippen LogP contribution is 2.29. The average Bonchev–Trinajstić information content (AvgIpc) is 3.03. The van der Waals surface area contributed by atoms with Crippen LogP contribution in [0.1, 0.15) is 31.2 Å². The van der Waals surface area contributed by atoms with Gasteiger partial charge in [-0.3, -0.25) is 0 Å². The zero-order valence-electron chi connectivity index (χ0n) is 11.2. The smallest absolute Gasteiger partial charge is 0.157 e. The van der Waals surface area contributed by atoms with Crippen molar-refractivity contribution < 1.29 is 0 Å². The molecule has 5 heteroatoms. The fourth-order valence-corrected chi connectivity index (χ4v) is 3.14. The van der Waals surface area contributed by atoms with E-state index in [1.807, 2.05) is 4.52 Å². The molecule has 0 saturated carbocycles. The van der Waals surface area contributed by atoms with E-state index in [9.17, 15) is 0 Å². The molecule has 1 unspecified atom stereocenters. The molecule has 4 nitrogen and oxygen atoms in total. The maximum atomic E-state index is 5.83. The summed E-state index contributed by atoms with van der Waals surface area (Å²) < 4.78 is 1.95. The maximum absolute atomic E-state index is 5.83. The zero-order valence-corrected chi connectivity index (χ0v) is 12.0. The number of hydrogen-bond acceptors (Lipinski definition) is 3. The fourth-order valence-electron chi connectivity index (χ4n) is 2.99. The summed E-state index contributed by atoms with van der Waals surface area (Å²) in [6.45, 7) is 3.22. The van der Waals surface area contributed by atoms with Crippen molar-refractivity contribution in [3.63, 3.8) is 0 Å². The Morgan fingerprint density at radius 2 is 2.32 bits per heavy atom. The summed E-state index contributed by atoms with van der Waals surface area (Å²) in [5.41, 5.74) is 2.16. The lowest BCUT2D eigenvalue weighted by Gasteiger charge is -2.27. The minimum absolute atomic E-state index is 0.591. The van der Waals surface area contributed by atoms with Crippen molar-refractivity contribution in [1.82, 2.24) is 14.6 Å². The van der Waals surface area contributed by atoms with Crippen molar-refractivity contribution in [1.29, 1.82) is 0 Å². The number of pyridine rings is 1. The first-order valence-corrected chi connectivity index (χ1v) is 7.46. The third-order valence-electron chi connectivity index (χ3n) is 3.85. The number of nitrogens with zero attached hydrogens (tertiary/aromatic N) is 4. The lowest BCUT2D eigenvalue weighted by atomic mass is 10.1. The van der Waals surface area contributed by atoms with E-state index in [1.54, 1.807) is 6.33 Å². The Balaban J connectivity index is 1.96. The monoisotopic (exact) mass is 278 g/mol. The Hall–Kier alpha value is -1.29. The van der Waals surface area contributed by atoms with Crippen LogP contribution in [0.2, 0.25) is 0 Å². The first kappa shape index (κ1) is 12.7. The first-order chi connectivity index (χ1) is 9.29. The summed E-state index contributed by atoms with van der Waals surface area (Å²) in [6, 6.07) is 4.87. The Kier molecular flexibility index (Phi) is 3.60. The highest BCUT2D eigenvalue weighted by atomic mass is 35.5. The molecule has 3 heterocycles. The molecular weight excluding hydrogens is 260 g/mol. The van der Waals surface area contributed by atoms with E-state index in [4.69, 9.17) is 11.6 Å². The summed E-state index contributed by atoms with van der Waals surface area (Å²) in [7, 11) is 0. The predicted molar refractivity (Wildman–Crippen MR) is 78.0 cm³/mol. The third kappa shape index (κ3) is 2.41. The highest BCUT2D eigenvalue weighted by molar-refractivity contribution is 6.17. The Labute approximate surface area is 118 Å². The van der Waals surface area contributed by atoms with Crippen LogP contribution in [0, 0.1) is 6.92 Å². The molecule has 1 aliphatic heterocycles. The predicted octanol–water partition coefficient (Wildman–Crippen LogP) is 3.03. The minimum Gasteiger partial charge on any atom is -0.354 e. The van der Waals surface area contributed by atoms with Gasteiger partial charge in [-0.1, -0.05) is 0 Å². The first-order valence-electron chi connectivity index (χ1n) is 6.92. The third-order valence-corrected chi connectivity index (χ3v) is 4.11. The molecule has 19 heavy (non-hydrogen) atoms. The quantitative estimate of drug-likeness (QED) is 0.806. The number of hydrogen-bond donors (Lipinski definition) is 0. The van der Waals surface area contributed by atoms with Crippen LogP contribution in [0.15, 0.2) is 18.5 Å². The maximum Gasteiger partial charge on any atom is 0.157 e. The molecule has 0 N–H and O–H groups in total. The van der Waals surface area contributed by atoms with Gasteiger partial charge in [0.15, 0.2) is 5.65 Å². The SMILES string of the molecule is Cc1cc(N2CCCC2CCCCl)n2ncnc2c1. The van der Waals surface area contributed by atoms with Gasteiger partial charge in [0.1, 0.15) is 12.1 Å². The topological polar surface area (TPSA) is 33.4 Å². The molecule has 2 aromatic heterocycles. The van der Waals surface area contributed by atoms with Gasteiger partial charge in [-0.2, -0.15) is 9.61 Å². The summed E-state index contributed by atoms with van der Waals surface area (Å²) in [4.78, 5) is 6.78. The van der Waals surface area contributed by atoms with Crippen molar-refractivity contribution in [2.75, 3.05) is 17.3 Å². The molecule has 1 atom stereocenters. The average molecular weight is 279 g/mol. The van der Waals surface area contributed by atoms with Crippen LogP contribution in [-0.2, 0) is 0 Å². The molecule has 102 valence electrons. The second-order valence-electron chi connectivity index (χ2n) is 5.24. The number of aromatic nitrogens is 3. The van der Waals surface area contributed by atoms with Crippen molar-refractivity contribution in [3.8, 4) is 0 Å². The van der Waals surface area contributed by atoms with Crippen LogP contribution in [0.5, 0.6) is 0 Å². The summed E-state index contributed by atoms with van der Waals surface area (Å²) >= 11 is 5.83. The Morgan fingerprint density at radius 3 is 3.16 bits per heavy atom. The number of alkyl halides is 1. The van der Waals surface area contributed by atoms with Gasteiger partial charge in [-0.15, -0.1) is 11.6 Å². The summed E-state index contributed by atoms with van der Waals surface area (Å²) in [6.07, 6.45) is 6.36. The van der Waals surface area contributed by atoms with Gasteiger partial charge in [0.05, 0.1) is 0 Å². The van der Waals surface area contributed by atoms with E-state index < -0.39 is 0 Å². The van der Waals surface area contributed by atoms with Gasteiger partial charge in [0.2, 0.25) is 0 Å². The highest BCUT2D eigenvalue weighted by Gasteiger charge is 2.26. The lowest BCUT2D eigenvalue weighted by molar-refractivity contribution is 0.594. The van der Waals surface area contributed by atoms with Crippen LogP contribution in [0.25, 0.3) is 5.65 Å². The van der Waals surface area contributed by atoms with Gasteiger partial charge in [0, 0.05) is 18.5 Å². The number of halogens is 1. The van der Waals surface area contributed by atoms with Crippen LogP contribution in [0.4, 0.5) is 5.82 Å². The van der Waals surface area contributed by atoms with Crippen LogP contribution in [-0.4, -0.2) is 33.1 Å². The van der Waals surface area contributed by atoms with Crippen molar-refractivity contribution >= 4 is 23.1 Å². The molecule has 0 aliphatic carbocycles. The van der Waals surface area contributed by atoms with Gasteiger partial charge >= 0.3 is 0 Å². The normalized spacial score (nSPS) is 19.5.